The first kappa shape index (κ1) is 13.6. The molecule has 0 radical (unpaired) electrons. The molecule has 2 rings (SSSR count). The van der Waals surface area contributed by atoms with Gasteiger partial charge < -0.3 is 10.5 Å². The topological polar surface area (TPSA) is 35.2 Å². The summed E-state index contributed by atoms with van der Waals surface area (Å²) >= 11 is 0. The van der Waals surface area contributed by atoms with Crippen molar-refractivity contribution >= 4 is 0 Å². The monoisotopic (exact) mass is 259 g/mol. The maximum Gasteiger partial charge on any atom is 0.123 e. The Balaban J connectivity index is 2.04. The van der Waals surface area contributed by atoms with Crippen LogP contribution in [0.15, 0.2) is 48.5 Å². The molecule has 2 nitrogen and oxygen atoms in total. The number of aryl methyl sites for hydroxylation is 1. The Morgan fingerprint density at radius 3 is 2.16 bits per heavy atom. The number of halogens is 1. The normalized spacial score (nSPS) is 13.9. The molecule has 0 aliphatic heterocycles. The third-order valence-electron chi connectivity index (χ3n) is 3.10. The molecule has 0 saturated heterocycles. The summed E-state index contributed by atoms with van der Waals surface area (Å²) in [4.78, 5) is 0. The molecule has 0 bridgehead atoms. The van der Waals surface area contributed by atoms with E-state index in [0.717, 1.165) is 5.56 Å². The van der Waals surface area contributed by atoms with E-state index in [4.69, 9.17) is 10.5 Å². The maximum atomic E-state index is 12.8. The van der Waals surface area contributed by atoms with Gasteiger partial charge in [0.1, 0.15) is 17.7 Å². The predicted octanol–water partition coefficient (Wildman–Crippen LogP) is 3.60. The highest BCUT2D eigenvalue weighted by Gasteiger charge is 2.16. The SMILES string of the molecule is Cc1ccc(C(N)C(C)Oc2ccc(F)cc2)cc1. The van der Waals surface area contributed by atoms with Gasteiger partial charge in [-0.15, -0.1) is 0 Å². The highest BCUT2D eigenvalue weighted by Crippen LogP contribution is 2.20. The Labute approximate surface area is 113 Å². The van der Waals surface area contributed by atoms with Crippen molar-refractivity contribution in [2.45, 2.75) is 26.0 Å². The van der Waals surface area contributed by atoms with E-state index in [-0.39, 0.29) is 18.0 Å². The quantitative estimate of drug-likeness (QED) is 0.910. The Morgan fingerprint density at radius 1 is 1.00 bits per heavy atom. The number of hydrogen-bond acceptors (Lipinski definition) is 2. The molecule has 0 saturated carbocycles. The van der Waals surface area contributed by atoms with E-state index in [9.17, 15) is 4.39 Å². The summed E-state index contributed by atoms with van der Waals surface area (Å²) in [5.41, 5.74) is 8.39. The summed E-state index contributed by atoms with van der Waals surface area (Å²) in [7, 11) is 0. The van der Waals surface area contributed by atoms with E-state index in [1.54, 1.807) is 12.1 Å². The van der Waals surface area contributed by atoms with Gasteiger partial charge in [0.2, 0.25) is 0 Å². The highest BCUT2D eigenvalue weighted by molar-refractivity contribution is 5.26. The minimum atomic E-state index is -0.275. The van der Waals surface area contributed by atoms with Crippen molar-refractivity contribution in [3.63, 3.8) is 0 Å². The second kappa shape index (κ2) is 5.85. The molecule has 2 N–H and O–H groups in total. The van der Waals surface area contributed by atoms with E-state index in [1.165, 1.54) is 17.7 Å². The van der Waals surface area contributed by atoms with Gasteiger partial charge in [-0.2, -0.15) is 0 Å². The summed E-state index contributed by atoms with van der Waals surface area (Å²) in [6, 6.07) is 13.8. The third kappa shape index (κ3) is 3.55. The van der Waals surface area contributed by atoms with Crippen LogP contribution in [0.2, 0.25) is 0 Å². The van der Waals surface area contributed by atoms with E-state index >= 15 is 0 Å². The number of nitrogens with two attached hydrogens (primary N) is 1. The Bertz CT molecular complexity index is 521. The van der Waals surface area contributed by atoms with Gasteiger partial charge in [-0.1, -0.05) is 29.8 Å². The largest absolute Gasteiger partial charge is 0.489 e. The van der Waals surface area contributed by atoms with Gasteiger partial charge in [-0.25, -0.2) is 4.39 Å². The lowest BCUT2D eigenvalue weighted by molar-refractivity contribution is 0.190. The van der Waals surface area contributed by atoms with Crippen LogP contribution >= 0.6 is 0 Å². The number of hydrogen-bond donors (Lipinski definition) is 1. The molecule has 100 valence electrons. The standard InChI is InChI=1S/C16H18FNO/c1-11-3-5-13(6-4-11)16(18)12(2)19-15-9-7-14(17)8-10-15/h3-10,12,16H,18H2,1-2H3. The summed E-state index contributed by atoms with van der Waals surface area (Å²) in [6.07, 6.45) is -0.187. The molecule has 0 heterocycles. The van der Waals surface area contributed by atoms with Gasteiger partial charge in [0.05, 0.1) is 6.04 Å². The van der Waals surface area contributed by atoms with Crippen molar-refractivity contribution < 1.29 is 9.13 Å². The van der Waals surface area contributed by atoms with Crippen LogP contribution in [0.4, 0.5) is 4.39 Å². The first-order chi connectivity index (χ1) is 9.06. The number of benzene rings is 2. The van der Waals surface area contributed by atoms with Gasteiger partial charge in [-0.3, -0.25) is 0 Å². The molecule has 19 heavy (non-hydrogen) atoms. The zero-order chi connectivity index (χ0) is 13.8. The third-order valence-corrected chi connectivity index (χ3v) is 3.10. The lowest BCUT2D eigenvalue weighted by Gasteiger charge is -2.22. The van der Waals surface area contributed by atoms with Gasteiger partial charge in [0, 0.05) is 0 Å². The van der Waals surface area contributed by atoms with Crippen LogP contribution in [-0.4, -0.2) is 6.10 Å². The summed E-state index contributed by atoms with van der Waals surface area (Å²) in [6.45, 7) is 3.95. The highest BCUT2D eigenvalue weighted by atomic mass is 19.1. The molecule has 0 spiro atoms. The van der Waals surface area contributed by atoms with E-state index in [2.05, 4.69) is 0 Å². The van der Waals surface area contributed by atoms with Crippen molar-refractivity contribution in [1.82, 2.24) is 0 Å². The molecular formula is C16H18FNO. The lowest BCUT2D eigenvalue weighted by Crippen LogP contribution is -2.28. The van der Waals surface area contributed by atoms with Crippen molar-refractivity contribution in [3.05, 3.63) is 65.5 Å². The number of rotatable bonds is 4. The Kier molecular flexibility index (Phi) is 4.17. The van der Waals surface area contributed by atoms with Crippen LogP contribution in [0.1, 0.15) is 24.1 Å². The van der Waals surface area contributed by atoms with Crippen LogP contribution in [0, 0.1) is 12.7 Å². The molecule has 0 aliphatic carbocycles. The fourth-order valence-electron chi connectivity index (χ4n) is 1.86. The molecule has 0 aliphatic rings. The first-order valence-corrected chi connectivity index (χ1v) is 6.30. The summed E-state index contributed by atoms with van der Waals surface area (Å²) in [5.74, 6) is 0.347. The minimum absolute atomic E-state index is 0.187. The van der Waals surface area contributed by atoms with Gasteiger partial charge in [0.15, 0.2) is 0 Å². The summed E-state index contributed by atoms with van der Waals surface area (Å²) in [5, 5.41) is 0. The maximum absolute atomic E-state index is 12.8. The molecule has 0 aromatic heterocycles. The molecule has 2 unspecified atom stereocenters. The van der Waals surface area contributed by atoms with Gasteiger partial charge in [-0.05, 0) is 43.7 Å². The molecule has 2 aromatic carbocycles. The average molecular weight is 259 g/mol. The van der Waals surface area contributed by atoms with Gasteiger partial charge >= 0.3 is 0 Å². The van der Waals surface area contributed by atoms with Crippen LogP contribution in [0.3, 0.4) is 0 Å². The van der Waals surface area contributed by atoms with Crippen molar-refractivity contribution in [2.75, 3.05) is 0 Å². The fourth-order valence-corrected chi connectivity index (χ4v) is 1.86. The number of ether oxygens (including phenoxy) is 1. The lowest BCUT2D eigenvalue weighted by atomic mass is 10.0. The predicted molar refractivity (Wildman–Crippen MR) is 74.6 cm³/mol. The van der Waals surface area contributed by atoms with Crippen LogP contribution < -0.4 is 10.5 Å². The van der Waals surface area contributed by atoms with Crippen LogP contribution in [0.25, 0.3) is 0 Å². The second-order valence-corrected chi connectivity index (χ2v) is 4.71. The second-order valence-electron chi connectivity index (χ2n) is 4.71. The van der Waals surface area contributed by atoms with Crippen LogP contribution in [-0.2, 0) is 0 Å². The molecule has 3 heteroatoms. The summed E-state index contributed by atoms with van der Waals surface area (Å²) < 4.78 is 18.5. The van der Waals surface area contributed by atoms with E-state index < -0.39 is 0 Å². The Hall–Kier alpha value is -1.87. The van der Waals surface area contributed by atoms with Crippen LogP contribution in [0.5, 0.6) is 5.75 Å². The fraction of sp³-hybridized carbons (Fsp3) is 0.250. The Morgan fingerprint density at radius 2 is 1.58 bits per heavy atom. The van der Waals surface area contributed by atoms with Crippen molar-refractivity contribution in [1.29, 1.82) is 0 Å². The van der Waals surface area contributed by atoms with E-state index in [0.29, 0.717) is 5.75 Å². The smallest absolute Gasteiger partial charge is 0.123 e. The first-order valence-electron chi connectivity index (χ1n) is 6.30. The minimum Gasteiger partial charge on any atom is -0.489 e. The molecular weight excluding hydrogens is 241 g/mol. The van der Waals surface area contributed by atoms with Crippen molar-refractivity contribution in [3.8, 4) is 5.75 Å². The molecule has 2 atom stereocenters. The molecule has 0 amide bonds. The zero-order valence-electron chi connectivity index (χ0n) is 11.1. The van der Waals surface area contributed by atoms with Crippen molar-refractivity contribution in [2.24, 2.45) is 5.73 Å². The molecule has 0 fully saturated rings. The molecule has 2 aromatic rings. The average Bonchev–Trinajstić information content (AvgIpc) is 2.41. The van der Waals surface area contributed by atoms with E-state index in [1.807, 2.05) is 38.1 Å². The van der Waals surface area contributed by atoms with Gasteiger partial charge in [0.25, 0.3) is 0 Å². The zero-order valence-corrected chi connectivity index (χ0v) is 11.1.